The van der Waals surface area contributed by atoms with Gasteiger partial charge in [-0.25, -0.2) is 4.98 Å². The first-order valence-corrected chi connectivity index (χ1v) is 9.67. The Morgan fingerprint density at radius 1 is 1.31 bits per heavy atom. The van der Waals surface area contributed by atoms with Crippen molar-refractivity contribution >= 4 is 22.4 Å². The van der Waals surface area contributed by atoms with Gasteiger partial charge in [0.25, 0.3) is 5.56 Å². The van der Waals surface area contributed by atoms with Crippen LogP contribution < -0.4 is 15.2 Å². The molecular weight excluding hydrogens is 352 g/mol. The van der Waals surface area contributed by atoms with Gasteiger partial charge < -0.3 is 19.1 Å². The minimum Gasteiger partial charge on any atom is -0.488 e. The molecule has 0 N–H and O–H groups in total. The molecule has 2 aliphatic rings. The van der Waals surface area contributed by atoms with Crippen LogP contribution >= 0.6 is 11.3 Å². The third kappa shape index (κ3) is 3.21. The summed E-state index contributed by atoms with van der Waals surface area (Å²) in [5, 5.41) is 2.93. The molecule has 2 fully saturated rings. The van der Waals surface area contributed by atoms with Gasteiger partial charge in [0.2, 0.25) is 5.91 Å². The molecule has 1 amide bonds. The van der Waals surface area contributed by atoms with Gasteiger partial charge >= 0.3 is 0 Å². The van der Waals surface area contributed by atoms with Gasteiger partial charge in [0, 0.05) is 56.4 Å². The molecule has 1 atom stereocenters. The van der Waals surface area contributed by atoms with Gasteiger partial charge in [0.15, 0.2) is 5.13 Å². The Morgan fingerprint density at radius 3 is 2.81 bits per heavy atom. The number of thiazole rings is 1. The number of amides is 1. The zero-order valence-electron chi connectivity index (χ0n) is 14.9. The van der Waals surface area contributed by atoms with Gasteiger partial charge in [-0.2, -0.15) is 0 Å². The largest absolute Gasteiger partial charge is 0.488 e. The van der Waals surface area contributed by atoms with E-state index in [9.17, 15) is 9.59 Å². The van der Waals surface area contributed by atoms with Crippen molar-refractivity contribution in [3.63, 3.8) is 0 Å². The number of anilines is 1. The molecule has 0 bridgehead atoms. The van der Waals surface area contributed by atoms with E-state index >= 15 is 0 Å². The van der Waals surface area contributed by atoms with E-state index < -0.39 is 0 Å². The molecule has 2 aromatic rings. The molecule has 1 unspecified atom stereocenters. The summed E-state index contributed by atoms with van der Waals surface area (Å²) < 4.78 is 7.54. The number of aryl methyl sites for hydroxylation is 1. The smallest absolute Gasteiger partial charge is 0.254 e. The number of likely N-dealkylation sites (tertiary alicyclic amines) is 1. The lowest BCUT2D eigenvalue weighted by atomic mass is 9.99. The molecule has 2 aliphatic heterocycles. The highest BCUT2D eigenvalue weighted by Gasteiger charge is 2.39. The van der Waals surface area contributed by atoms with Crippen molar-refractivity contribution in [3.05, 3.63) is 39.8 Å². The molecule has 0 aliphatic carbocycles. The van der Waals surface area contributed by atoms with Crippen molar-refractivity contribution in [3.8, 4) is 5.75 Å². The van der Waals surface area contributed by atoms with Crippen LogP contribution in [0, 0.1) is 12.8 Å². The van der Waals surface area contributed by atoms with Crippen molar-refractivity contribution in [1.29, 1.82) is 0 Å². The monoisotopic (exact) mass is 374 g/mol. The predicted octanol–water partition coefficient (Wildman–Crippen LogP) is 1.27. The quantitative estimate of drug-likeness (QED) is 0.806. The van der Waals surface area contributed by atoms with E-state index in [2.05, 4.69) is 9.88 Å². The number of rotatable bonds is 4. The van der Waals surface area contributed by atoms with Gasteiger partial charge in [-0.1, -0.05) is 0 Å². The second-order valence-electron chi connectivity index (χ2n) is 6.96. The standard InChI is InChI=1S/C18H22N4O3S/c1-12-7-15(8-16(23)20(12)2)25-14-3-5-21(11-14)17(24)13-9-22(10-13)18-19-4-6-26-18/h4,6-8,13-14H,3,5,9-11H2,1-2H3. The molecule has 138 valence electrons. The summed E-state index contributed by atoms with van der Waals surface area (Å²) in [6.07, 6.45) is 2.53. The first-order valence-electron chi connectivity index (χ1n) is 8.79. The van der Waals surface area contributed by atoms with Crippen LogP contribution in [0.3, 0.4) is 0 Å². The number of carbonyl (C=O) groups excluding carboxylic acids is 1. The van der Waals surface area contributed by atoms with E-state index in [0.29, 0.717) is 18.8 Å². The summed E-state index contributed by atoms with van der Waals surface area (Å²) >= 11 is 1.60. The van der Waals surface area contributed by atoms with Crippen LogP contribution in [0.4, 0.5) is 5.13 Å². The Bertz CT molecular complexity index is 858. The van der Waals surface area contributed by atoms with Crippen molar-refractivity contribution in [2.24, 2.45) is 13.0 Å². The Hall–Kier alpha value is -2.35. The van der Waals surface area contributed by atoms with E-state index in [1.165, 1.54) is 6.07 Å². The first-order chi connectivity index (χ1) is 12.5. The lowest BCUT2D eigenvalue weighted by Gasteiger charge is -2.39. The Labute approximate surface area is 155 Å². The number of aromatic nitrogens is 2. The maximum Gasteiger partial charge on any atom is 0.254 e. The molecule has 8 heteroatoms. The second-order valence-corrected chi connectivity index (χ2v) is 7.83. The number of hydrogen-bond donors (Lipinski definition) is 0. The zero-order chi connectivity index (χ0) is 18.3. The van der Waals surface area contributed by atoms with Crippen molar-refractivity contribution in [2.75, 3.05) is 31.1 Å². The molecule has 0 spiro atoms. The molecule has 2 aromatic heterocycles. The van der Waals surface area contributed by atoms with Crippen LogP contribution in [-0.4, -0.2) is 52.6 Å². The van der Waals surface area contributed by atoms with Crippen LogP contribution in [0.15, 0.2) is 28.5 Å². The molecular formula is C18H22N4O3S. The molecule has 4 heterocycles. The van der Waals surface area contributed by atoms with Gasteiger partial charge in [0.1, 0.15) is 11.9 Å². The third-order valence-corrected chi connectivity index (χ3v) is 5.99. The summed E-state index contributed by atoms with van der Waals surface area (Å²) in [7, 11) is 1.74. The zero-order valence-corrected chi connectivity index (χ0v) is 15.7. The summed E-state index contributed by atoms with van der Waals surface area (Å²) in [6.45, 7) is 4.65. The van der Waals surface area contributed by atoms with E-state index in [0.717, 1.165) is 30.3 Å². The predicted molar refractivity (Wildman–Crippen MR) is 99.9 cm³/mol. The number of hydrogen-bond acceptors (Lipinski definition) is 6. The number of nitrogens with zero attached hydrogens (tertiary/aromatic N) is 4. The van der Waals surface area contributed by atoms with Gasteiger partial charge in [-0.05, 0) is 13.0 Å². The van der Waals surface area contributed by atoms with Crippen LogP contribution in [-0.2, 0) is 11.8 Å². The Balaban J connectivity index is 1.31. The Kier molecular flexibility index (Phi) is 4.44. The first kappa shape index (κ1) is 17.1. The maximum atomic E-state index is 12.7. The molecule has 26 heavy (non-hydrogen) atoms. The average molecular weight is 374 g/mol. The van der Waals surface area contributed by atoms with E-state index in [1.807, 2.05) is 23.3 Å². The lowest BCUT2D eigenvalue weighted by Crippen LogP contribution is -2.54. The Morgan fingerprint density at radius 2 is 2.12 bits per heavy atom. The van der Waals surface area contributed by atoms with Crippen LogP contribution in [0.1, 0.15) is 12.1 Å². The van der Waals surface area contributed by atoms with E-state index in [4.69, 9.17) is 4.74 Å². The molecule has 0 radical (unpaired) electrons. The van der Waals surface area contributed by atoms with E-state index in [1.54, 1.807) is 29.1 Å². The fraction of sp³-hybridized carbons (Fsp3) is 0.500. The minimum atomic E-state index is -0.0809. The highest BCUT2D eigenvalue weighted by Crippen LogP contribution is 2.28. The number of ether oxygens (including phenoxy) is 1. The second kappa shape index (κ2) is 6.75. The van der Waals surface area contributed by atoms with E-state index in [-0.39, 0.29) is 23.5 Å². The molecule has 4 rings (SSSR count). The number of pyridine rings is 1. The SMILES string of the molecule is Cc1cc(OC2CCN(C(=O)C3CN(c4nccs4)C3)C2)cc(=O)n1C. The molecule has 0 aromatic carbocycles. The van der Waals surface area contributed by atoms with Crippen LogP contribution in [0.25, 0.3) is 0 Å². The van der Waals surface area contributed by atoms with Crippen LogP contribution in [0.5, 0.6) is 5.75 Å². The topological polar surface area (TPSA) is 67.7 Å². The minimum absolute atomic E-state index is 0.0453. The maximum absolute atomic E-state index is 12.7. The highest BCUT2D eigenvalue weighted by molar-refractivity contribution is 7.13. The fourth-order valence-corrected chi connectivity index (χ4v) is 4.11. The summed E-state index contributed by atoms with van der Waals surface area (Å²) in [4.78, 5) is 32.9. The molecule has 0 saturated carbocycles. The van der Waals surface area contributed by atoms with Gasteiger partial charge in [-0.3, -0.25) is 9.59 Å². The summed E-state index contributed by atoms with van der Waals surface area (Å²) in [5.41, 5.74) is 0.776. The third-order valence-electron chi connectivity index (χ3n) is 5.16. The summed E-state index contributed by atoms with van der Waals surface area (Å²) in [6, 6.07) is 3.37. The lowest BCUT2D eigenvalue weighted by molar-refractivity contribution is -0.135. The average Bonchev–Trinajstić information content (AvgIpc) is 3.23. The van der Waals surface area contributed by atoms with Crippen molar-refractivity contribution in [1.82, 2.24) is 14.5 Å². The normalized spacial score (nSPS) is 20.3. The van der Waals surface area contributed by atoms with Gasteiger partial charge in [0.05, 0.1) is 12.5 Å². The fourth-order valence-electron chi connectivity index (χ4n) is 3.44. The highest BCUT2D eigenvalue weighted by atomic mass is 32.1. The van der Waals surface area contributed by atoms with Gasteiger partial charge in [-0.15, -0.1) is 11.3 Å². The van der Waals surface area contributed by atoms with Crippen molar-refractivity contribution in [2.45, 2.75) is 19.4 Å². The van der Waals surface area contributed by atoms with Crippen LogP contribution in [0.2, 0.25) is 0 Å². The van der Waals surface area contributed by atoms with Crippen molar-refractivity contribution < 1.29 is 9.53 Å². The number of carbonyl (C=O) groups is 1. The molecule has 7 nitrogen and oxygen atoms in total. The molecule has 2 saturated heterocycles. The summed E-state index contributed by atoms with van der Waals surface area (Å²) in [5.74, 6) is 0.830.